The molecule has 0 aliphatic heterocycles. The van der Waals surface area contributed by atoms with E-state index in [4.69, 9.17) is 9.47 Å². The van der Waals surface area contributed by atoms with Gasteiger partial charge in [0, 0.05) is 37.1 Å². The predicted octanol–water partition coefficient (Wildman–Crippen LogP) is 1.60. The molecule has 0 aliphatic rings. The van der Waals surface area contributed by atoms with Crippen LogP contribution < -0.4 is 5.56 Å². The zero-order valence-corrected chi connectivity index (χ0v) is 9.77. The molecule has 1 N–H and O–H groups in total. The normalized spacial score (nSPS) is 12.8. The van der Waals surface area contributed by atoms with Crippen LogP contribution in [0.3, 0.4) is 0 Å². The Labute approximate surface area is 98.4 Å². The molecule has 0 spiro atoms. The van der Waals surface area contributed by atoms with Crippen molar-refractivity contribution in [1.82, 2.24) is 9.97 Å². The quantitative estimate of drug-likeness (QED) is 0.816. The highest BCUT2D eigenvalue weighted by atomic mass is 16.7. The monoisotopic (exact) mass is 234 g/mol. The van der Waals surface area contributed by atoms with E-state index in [1.54, 1.807) is 25.6 Å². The highest BCUT2D eigenvalue weighted by Crippen LogP contribution is 2.19. The number of nitrogens with one attached hydrogen (secondary N) is 1. The van der Waals surface area contributed by atoms with Gasteiger partial charge < -0.3 is 14.5 Å². The summed E-state index contributed by atoms with van der Waals surface area (Å²) >= 11 is 0. The van der Waals surface area contributed by atoms with Crippen LogP contribution in [-0.2, 0) is 9.47 Å². The number of methoxy groups -OCH3 is 1. The fraction of sp³-hybridized carbons (Fsp3) is 0.333. The number of hydrogen-bond acceptors (Lipinski definition) is 4. The number of aromatic amines is 1. The van der Waals surface area contributed by atoms with Crippen LogP contribution in [0.1, 0.15) is 18.8 Å². The van der Waals surface area contributed by atoms with E-state index in [0.717, 1.165) is 10.9 Å². The Morgan fingerprint density at radius 2 is 2.35 bits per heavy atom. The highest BCUT2D eigenvalue weighted by molar-refractivity contribution is 5.77. The first-order valence-corrected chi connectivity index (χ1v) is 5.38. The number of H-pyrrole nitrogens is 1. The number of pyridine rings is 2. The van der Waals surface area contributed by atoms with Crippen LogP contribution in [-0.4, -0.2) is 23.7 Å². The van der Waals surface area contributed by atoms with Gasteiger partial charge in [0.1, 0.15) is 5.52 Å². The molecular formula is C12H14N2O3. The molecule has 0 aromatic carbocycles. The third-order valence-corrected chi connectivity index (χ3v) is 2.44. The van der Waals surface area contributed by atoms with Crippen LogP contribution in [0.4, 0.5) is 0 Å². The van der Waals surface area contributed by atoms with E-state index >= 15 is 0 Å². The average Bonchev–Trinajstić information content (AvgIpc) is 2.36. The lowest BCUT2D eigenvalue weighted by atomic mass is 10.2. The van der Waals surface area contributed by atoms with Crippen LogP contribution >= 0.6 is 0 Å². The van der Waals surface area contributed by atoms with E-state index in [1.165, 1.54) is 0 Å². The number of fused-ring (bicyclic) bond motifs is 1. The average molecular weight is 234 g/mol. The second-order valence-corrected chi connectivity index (χ2v) is 3.54. The first-order chi connectivity index (χ1) is 8.26. The van der Waals surface area contributed by atoms with Gasteiger partial charge in [0.25, 0.3) is 5.56 Å². The molecule has 17 heavy (non-hydrogen) atoms. The zero-order valence-electron chi connectivity index (χ0n) is 9.77. The molecule has 1 atom stereocenters. The van der Waals surface area contributed by atoms with E-state index in [9.17, 15) is 4.79 Å². The van der Waals surface area contributed by atoms with Gasteiger partial charge in [-0.3, -0.25) is 4.79 Å². The SMILES string of the molecule is CCOC(OC)c1cnc2c(=O)[nH]ccc2c1. The topological polar surface area (TPSA) is 64.2 Å². The van der Waals surface area contributed by atoms with Crippen molar-refractivity contribution in [2.24, 2.45) is 0 Å². The minimum atomic E-state index is -0.448. The lowest BCUT2D eigenvalue weighted by molar-refractivity contribution is -0.124. The van der Waals surface area contributed by atoms with Crippen molar-refractivity contribution >= 4 is 10.9 Å². The van der Waals surface area contributed by atoms with Crippen molar-refractivity contribution in [2.75, 3.05) is 13.7 Å². The van der Waals surface area contributed by atoms with E-state index in [2.05, 4.69) is 9.97 Å². The van der Waals surface area contributed by atoms with E-state index in [0.29, 0.717) is 12.1 Å². The van der Waals surface area contributed by atoms with Crippen molar-refractivity contribution in [3.05, 3.63) is 40.4 Å². The Morgan fingerprint density at radius 3 is 3.06 bits per heavy atom. The van der Waals surface area contributed by atoms with Crippen molar-refractivity contribution in [2.45, 2.75) is 13.2 Å². The Hall–Kier alpha value is -1.72. The summed E-state index contributed by atoms with van der Waals surface area (Å²) in [4.78, 5) is 18.2. The maximum absolute atomic E-state index is 11.5. The molecule has 90 valence electrons. The molecule has 0 radical (unpaired) electrons. The molecule has 2 rings (SSSR count). The Kier molecular flexibility index (Phi) is 3.51. The Balaban J connectivity index is 2.47. The molecule has 0 fully saturated rings. The molecular weight excluding hydrogens is 220 g/mol. The van der Waals surface area contributed by atoms with Gasteiger partial charge in [0.2, 0.25) is 0 Å². The van der Waals surface area contributed by atoms with Gasteiger partial charge in [-0.2, -0.15) is 0 Å². The van der Waals surface area contributed by atoms with Crippen LogP contribution in [0.15, 0.2) is 29.3 Å². The summed E-state index contributed by atoms with van der Waals surface area (Å²) in [6.07, 6.45) is 2.75. The largest absolute Gasteiger partial charge is 0.352 e. The van der Waals surface area contributed by atoms with Gasteiger partial charge in [0.15, 0.2) is 6.29 Å². The fourth-order valence-corrected chi connectivity index (χ4v) is 1.67. The smallest absolute Gasteiger partial charge is 0.274 e. The second kappa shape index (κ2) is 5.07. The minimum Gasteiger partial charge on any atom is -0.352 e. The molecule has 1 unspecified atom stereocenters. The molecule has 0 bridgehead atoms. The summed E-state index contributed by atoms with van der Waals surface area (Å²) in [5.41, 5.74) is 1.02. The van der Waals surface area contributed by atoms with Crippen LogP contribution in [0.25, 0.3) is 10.9 Å². The molecule has 0 saturated heterocycles. The van der Waals surface area contributed by atoms with Crippen LogP contribution in [0.5, 0.6) is 0 Å². The number of aromatic nitrogens is 2. The van der Waals surface area contributed by atoms with E-state index in [-0.39, 0.29) is 5.56 Å². The zero-order chi connectivity index (χ0) is 12.3. The summed E-state index contributed by atoms with van der Waals surface area (Å²) < 4.78 is 10.6. The summed E-state index contributed by atoms with van der Waals surface area (Å²) in [7, 11) is 1.57. The molecule has 5 heteroatoms. The van der Waals surface area contributed by atoms with Gasteiger partial charge in [0.05, 0.1) is 0 Å². The van der Waals surface area contributed by atoms with Crippen molar-refractivity contribution in [3.63, 3.8) is 0 Å². The summed E-state index contributed by atoms with van der Waals surface area (Å²) in [6.45, 7) is 2.44. The molecule has 0 aliphatic carbocycles. The standard InChI is InChI=1S/C12H14N2O3/c1-3-17-12(16-2)9-6-8-4-5-13-11(15)10(8)14-7-9/h4-7,12H,3H2,1-2H3,(H,13,15). The summed E-state index contributed by atoms with van der Waals surface area (Å²) in [5, 5.41) is 0.771. The van der Waals surface area contributed by atoms with Crippen LogP contribution in [0, 0.1) is 0 Å². The molecule has 0 saturated carbocycles. The number of ether oxygens (including phenoxy) is 2. The Morgan fingerprint density at radius 1 is 1.53 bits per heavy atom. The third-order valence-electron chi connectivity index (χ3n) is 2.44. The van der Waals surface area contributed by atoms with Crippen LogP contribution in [0.2, 0.25) is 0 Å². The first-order valence-electron chi connectivity index (χ1n) is 5.38. The number of nitrogens with zero attached hydrogens (tertiary/aromatic N) is 1. The molecule has 2 heterocycles. The summed E-state index contributed by atoms with van der Waals surface area (Å²) in [6, 6.07) is 3.65. The predicted molar refractivity (Wildman–Crippen MR) is 63.7 cm³/mol. The van der Waals surface area contributed by atoms with Gasteiger partial charge in [-0.15, -0.1) is 0 Å². The van der Waals surface area contributed by atoms with Crippen molar-refractivity contribution < 1.29 is 9.47 Å². The second-order valence-electron chi connectivity index (χ2n) is 3.54. The van der Waals surface area contributed by atoms with Gasteiger partial charge in [-0.25, -0.2) is 4.98 Å². The van der Waals surface area contributed by atoms with Gasteiger partial charge in [-0.05, 0) is 19.1 Å². The maximum atomic E-state index is 11.5. The highest BCUT2D eigenvalue weighted by Gasteiger charge is 2.11. The molecule has 2 aromatic rings. The Bertz CT molecular complexity index is 565. The number of rotatable bonds is 4. The van der Waals surface area contributed by atoms with E-state index < -0.39 is 6.29 Å². The lowest BCUT2D eigenvalue weighted by Crippen LogP contribution is -2.10. The van der Waals surface area contributed by atoms with E-state index in [1.807, 2.05) is 13.0 Å². The maximum Gasteiger partial charge on any atom is 0.274 e. The first kappa shape index (κ1) is 11.8. The minimum absolute atomic E-state index is 0.195. The summed E-state index contributed by atoms with van der Waals surface area (Å²) in [5.74, 6) is 0. The lowest BCUT2D eigenvalue weighted by Gasteiger charge is -2.15. The molecule has 5 nitrogen and oxygen atoms in total. The van der Waals surface area contributed by atoms with Gasteiger partial charge >= 0.3 is 0 Å². The molecule has 0 amide bonds. The van der Waals surface area contributed by atoms with Crippen molar-refractivity contribution in [3.8, 4) is 0 Å². The van der Waals surface area contributed by atoms with Gasteiger partial charge in [-0.1, -0.05) is 0 Å². The van der Waals surface area contributed by atoms with Crippen molar-refractivity contribution in [1.29, 1.82) is 0 Å². The number of hydrogen-bond donors (Lipinski definition) is 1. The third kappa shape index (κ3) is 2.35. The fourth-order valence-electron chi connectivity index (χ4n) is 1.67. The molecule has 2 aromatic heterocycles.